The third kappa shape index (κ3) is 16.9. The zero-order valence-electron chi connectivity index (χ0n) is 40.4. The van der Waals surface area contributed by atoms with Gasteiger partial charge in [0.2, 0.25) is 11.8 Å². The van der Waals surface area contributed by atoms with Crippen LogP contribution in [-0.2, 0) is 73.1 Å². The van der Waals surface area contributed by atoms with Crippen molar-refractivity contribution in [3.8, 4) is 0 Å². The van der Waals surface area contributed by atoms with Gasteiger partial charge in [0.25, 0.3) is 22.1 Å². The molecule has 2 saturated carbocycles. The number of nitrogens with zero attached hydrogens (tertiary/aromatic N) is 4. The number of aromatic nitrogens is 4. The molecule has 1 aliphatic heterocycles. The van der Waals surface area contributed by atoms with E-state index >= 15 is 0 Å². The maximum absolute atomic E-state index is 13.1. The van der Waals surface area contributed by atoms with Crippen molar-refractivity contribution in [1.82, 2.24) is 30.2 Å². The molecular formula is C44H62N7O19P3-4. The number of phosphoric acid groups is 3. The molecule has 7 atom stereocenters. The minimum absolute atomic E-state index is 0.0234. The molecule has 7 unspecified atom stereocenters. The number of carbonyl (C=O) groups is 4. The molecule has 3 heterocycles. The zero-order valence-corrected chi connectivity index (χ0v) is 43.1. The van der Waals surface area contributed by atoms with E-state index in [0.29, 0.717) is 6.47 Å². The Morgan fingerprint density at radius 1 is 0.932 bits per heavy atom. The standard InChI is InChI=1S/C44H66N7O19P3/c1-42(2,25-67-73(63,64)70-72(61,62)66-24-31-36(69-71(58,59)60)35(55)41(68-31)51-27-50-34-38(45)48-26-49-39(34)51)37(56)40(57)47-22-14-33(54)46-21-13-32(53)43(17-18-43)15-6-3-4-9-29-11-8-12-30(23-29)10-5-7-16-44(19-20-44)65-28-52/h8,11-12,23,26-28,31,35-37,41,55-56H,3-7,9-10,13-22,24-25H2,1-2H3,(H,46,54)(H,47,57)(H,61,62)(H,63,64)(H2,45,48,49)(H2,58,59,60)/p-4. The number of ether oxygens (including phenoxy) is 2. The number of ketones is 1. The molecule has 2 aliphatic carbocycles. The second kappa shape index (κ2) is 24.7. The van der Waals surface area contributed by atoms with E-state index in [9.17, 15) is 62.7 Å². The first-order chi connectivity index (χ1) is 34.4. The highest BCUT2D eigenvalue weighted by Gasteiger charge is 2.49. The largest absolute Gasteiger partial charge is 0.790 e. The van der Waals surface area contributed by atoms with Crippen LogP contribution in [0.25, 0.3) is 11.2 Å². The molecule has 1 aromatic carbocycles. The number of rotatable bonds is 33. The number of nitrogen functional groups attached to an aromatic ring is 1. The van der Waals surface area contributed by atoms with Gasteiger partial charge >= 0.3 is 0 Å². The van der Waals surface area contributed by atoms with Crippen LogP contribution in [0.3, 0.4) is 0 Å². The van der Waals surface area contributed by atoms with Gasteiger partial charge in [-0.3, -0.25) is 32.9 Å². The lowest BCUT2D eigenvalue weighted by Gasteiger charge is -2.36. The normalized spacial score (nSPS) is 22.2. The number of nitrogens with two attached hydrogens (primary N) is 1. The van der Waals surface area contributed by atoms with Gasteiger partial charge in [-0.1, -0.05) is 51.0 Å². The van der Waals surface area contributed by atoms with E-state index in [1.165, 1.54) is 25.0 Å². The van der Waals surface area contributed by atoms with Gasteiger partial charge in [-0.2, -0.15) is 0 Å². The summed E-state index contributed by atoms with van der Waals surface area (Å²) in [6, 6.07) is 8.63. The second-order valence-electron chi connectivity index (χ2n) is 19.4. The number of unbranched alkanes of at least 4 members (excludes halogenated alkanes) is 3. The van der Waals surface area contributed by atoms with Crippen LogP contribution >= 0.6 is 23.5 Å². The number of aliphatic hydroxyl groups is 2. The van der Waals surface area contributed by atoms with Gasteiger partial charge in [-0.15, -0.1) is 0 Å². The van der Waals surface area contributed by atoms with E-state index < -0.39 is 84.6 Å². The summed E-state index contributed by atoms with van der Waals surface area (Å²) in [5.74, 6) is -1.47. The van der Waals surface area contributed by atoms with Crippen LogP contribution in [0.1, 0.15) is 115 Å². The summed E-state index contributed by atoms with van der Waals surface area (Å²) < 4.78 is 66.3. The van der Waals surface area contributed by atoms with Gasteiger partial charge in [-0.25, -0.2) is 19.3 Å². The molecule has 2 aromatic heterocycles. The van der Waals surface area contributed by atoms with Crippen LogP contribution < -0.4 is 35.9 Å². The Morgan fingerprint density at radius 2 is 1.59 bits per heavy atom. The molecule has 406 valence electrons. The summed E-state index contributed by atoms with van der Waals surface area (Å²) in [6.45, 7) is 0.563. The van der Waals surface area contributed by atoms with Crippen LogP contribution in [0.4, 0.5) is 5.82 Å². The van der Waals surface area contributed by atoms with E-state index in [-0.39, 0.29) is 59.7 Å². The topological polar surface area (TPSA) is 401 Å². The summed E-state index contributed by atoms with van der Waals surface area (Å²) in [7, 11) is -17.7. The molecule has 73 heavy (non-hydrogen) atoms. The van der Waals surface area contributed by atoms with Crippen LogP contribution in [-0.4, -0.2) is 110 Å². The Balaban J connectivity index is 0.842. The van der Waals surface area contributed by atoms with Gasteiger partial charge in [0, 0.05) is 36.8 Å². The first-order valence-corrected chi connectivity index (χ1v) is 28.3. The number of aryl methyl sites for hydroxylation is 2. The zero-order chi connectivity index (χ0) is 53.2. The number of carbonyl (C=O) groups excluding carboxylic acids is 4. The average molecular weight is 1090 g/mol. The Bertz CT molecular complexity index is 2550. The number of anilines is 1. The molecular weight excluding hydrogens is 1020 g/mol. The molecule has 3 fully saturated rings. The molecule has 2 amide bonds. The number of imidazole rings is 1. The van der Waals surface area contributed by atoms with Gasteiger partial charge in [0.1, 0.15) is 47.6 Å². The highest BCUT2D eigenvalue weighted by molar-refractivity contribution is 7.59. The average Bonchev–Trinajstić information content (AvgIpc) is 4.22. The molecule has 6 N–H and O–H groups in total. The minimum atomic E-state index is -5.94. The number of Topliss-reactive ketones (excluding diaryl/α,β-unsaturated/α-hetero) is 1. The van der Waals surface area contributed by atoms with Crippen molar-refractivity contribution in [2.75, 3.05) is 32.0 Å². The molecule has 3 aromatic rings. The molecule has 0 spiro atoms. The highest BCUT2D eigenvalue weighted by atomic mass is 31.3. The maximum atomic E-state index is 13.1. The summed E-state index contributed by atoms with van der Waals surface area (Å²) >= 11 is 0. The Kier molecular flexibility index (Phi) is 19.7. The van der Waals surface area contributed by atoms with Crippen molar-refractivity contribution in [3.63, 3.8) is 0 Å². The Labute approximate surface area is 420 Å². The summed E-state index contributed by atoms with van der Waals surface area (Å²) in [5, 5.41) is 26.6. The third-order valence-electron chi connectivity index (χ3n) is 13.2. The van der Waals surface area contributed by atoms with Gasteiger partial charge < -0.3 is 73.8 Å². The summed E-state index contributed by atoms with van der Waals surface area (Å²) in [5.41, 5.74) is 6.10. The van der Waals surface area contributed by atoms with Crippen molar-refractivity contribution >= 4 is 64.5 Å². The van der Waals surface area contributed by atoms with Crippen molar-refractivity contribution in [1.29, 1.82) is 0 Å². The highest BCUT2D eigenvalue weighted by Crippen LogP contribution is 2.57. The van der Waals surface area contributed by atoms with Crippen LogP contribution in [0.15, 0.2) is 36.9 Å². The predicted octanol–water partition coefficient (Wildman–Crippen LogP) is 0.838. The molecule has 0 bridgehead atoms. The number of hydrogen-bond acceptors (Lipinski definition) is 23. The lowest BCUT2D eigenvalue weighted by molar-refractivity contribution is -0.347. The lowest BCUT2D eigenvalue weighted by Crippen LogP contribution is -2.46. The predicted molar refractivity (Wildman–Crippen MR) is 247 cm³/mol. The van der Waals surface area contributed by atoms with E-state index in [4.69, 9.17) is 15.2 Å². The van der Waals surface area contributed by atoms with E-state index in [1.54, 1.807) is 0 Å². The third-order valence-corrected chi connectivity index (χ3v) is 16.3. The second-order valence-corrected chi connectivity index (χ2v) is 23.5. The van der Waals surface area contributed by atoms with Crippen LogP contribution in [0.2, 0.25) is 0 Å². The van der Waals surface area contributed by atoms with Crippen molar-refractivity contribution in [2.24, 2.45) is 10.8 Å². The Hall–Kier alpha value is -4.10. The summed E-state index contributed by atoms with van der Waals surface area (Å²) in [6.07, 6.45) is 4.66. The first-order valence-electron chi connectivity index (χ1n) is 23.9. The van der Waals surface area contributed by atoms with Crippen LogP contribution in [0.5, 0.6) is 0 Å². The van der Waals surface area contributed by atoms with E-state index in [1.807, 2.05) is 0 Å². The first kappa shape index (κ1) is 58.2. The Morgan fingerprint density at radius 3 is 2.25 bits per heavy atom. The number of aliphatic hydroxyl groups excluding tert-OH is 2. The smallest absolute Gasteiger partial charge is 0.293 e. The number of fused-ring (bicyclic) bond motifs is 1. The van der Waals surface area contributed by atoms with Crippen molar-refractivity contribution in [2.45, 2.75) is 146 Å². The molecule has 3 aliphatic rings. The fourth-order valence-electron chi connectivity index (χ4n) is 8.67. The molecule has 26 nitrogen and oxygen atoms in total. The van der Waals surface area contributed by atoms with Gasteiger partial charge in [0.15, 0.2) is 17.7 Å². The van der Waals surface area contributed by atoms with Crippen LogP contribution in [0, 0.1) is 10.8 Å². The fourth-order valence-corrected chi connectivity index (χ4v) is 11.4. The monoisotopic (exact) mass is 1090 g/mol. The number of nitrogens with one attached hydrogen (secondary N) is 2. The number of phosphoric ester groups is 3. The summed E-state index contributed by atoms with van der Waals surface area (Å²) in [4.78, 5) is 109. The molecule has 29 heteroatoms. The maximum Gasteiger partial charge on any atom is 0.293 e. The lowest BCUT2D eigenvalue weighted by atomic mass is 9.87. The molecule has 1 saturated heterocycles. The fraction of sp³-hybridized carbons (Fsp3) is 0.659. The van der Waals surface area contributed by atoms with Gasteiger partial charge in [0.05, 0.1) is 27.4 Å². The number of hydrogen-bond donors (Lipinski definition) is 5. The quantitative estimate of drug-likeness (QED) is 0.0320. The minimum Gasteiger partial charge on any atom is -0.790 e. The number of benzene rings is 1. The number of amides is 2. The van der Waals surface area contributed by atoms with Crippen molar-refractivity contribution < 1.29 is 90.0 Å². The molecule has 6 rings (SSSR count). The molecule has 0 radical (unpaired) electrons. The van der Waals surface area contributed by atoms with E-state index in [0.717, 1.165) is 101 Å². The SMILES string of the molecule is CC(C)(COP(=O)([O-])OP(=O)([O-])OCC1OC(n2cnc3c(N)ncnc32)C(O)C1OP(=O)([O-])[O-])C(O)C(=O)NCCC(=O)NCCC(=O)C1(CCCCCc2cccc(CCCCC3(OC=O)CC3)c2)CC1. The van der Waals surface area contributed by atoms with Gasteiger partial charge in [-0.05, 0) is 81.8 Å². The van der Waals surface area contributed by atoms with Crippen molar-refractivity contribution in [3.05, 3.63) is 48.0 Å². The van der Waals surface area contributed by atoms with E-state index in [2.05, 4.69) is 67.7 Å².